The first kappa shape index (κ1) is 17.8. The molecule has 2 heteroatoms. The number of hydrogen-bond acceptors (Lipinski definition) is 2. The first-order chi connectivity index (χ1) is 9.06. The van der Waals surface area contributed by atoms with Gasteiger partial charge in [0.15, 0.2) is 11.6 Å². The van der Waals surface area contributed by atoms with Crippen LogP contribution in [0.25, 0.3) is 0 Å². The summed E-state index contributed by atoms with van der Waals surface area (Å²) in [5.41, 5.74) is -0.366. The molecule has 0 spiro atoms. The lowest BCUT2D eigenvalue weighted by Crippen LogP contribution is -2.29. The Morgan fingerprint density at radius 3 is 2.16 bits per heavy atom. The van der Waals surface area contributed by atoms with E-state index in [2.05, 4.69) is 27.0 Å². The second kappa shape index (κ2) is 9.71. The van der Waals surface area contributed by atoms with Crippen LogP contribution in [0.1, 0.15) is 58.3 Å². The molecule has 0 aliphatic carbocycles. The first-order valence-electron chi connectivity index (χ1n) is 7.17. The molecule has 0 saturated carbocycles. The van der Waals surface area contributed by atoms with Crippen molar-refractivity contribution < 1.29 is 9.59 Å². The third-order valence-corrected chi connectivity index (χ3v) is 3.75. The van der Waals surface area contributed by atoms with Crippen LogP contribution >= 0.6 is 0 Å². The zero-order valence-corrected chi connectivity index (χ0v) is 12.2. The molecule has 1 unspecified atom stereocenters. The van der Waals surface area contributed by atoms with Crippen LogP contribution in [-0.2, 0) is 9.59 Å². The molecular formula is C17H27O2. The van der Waals surface area contributed by atoms with Gasteiger partial charge in [-0.15, -0.1) is 0 Å². The lowest BCUT2D eigenvalue weighted by molar-refractivity contribution is -0.124. The van der Waals surface area contributed by atoms with Crippen molar-refractivity contribution in [2.45, 2.75) is 58.3 Å². The Morgan fingerprint density at radius 1 is 1.05 bits per heavy atom. The molecule has 19 heavy (non-hydrogen) atoms. The molecule has 2 nitrogen and oxygen atoms in total. The summed E-state index contributed by atoms with van der Waals surface area (Å²) in [4.78, 5) is 23.3. The number of hydrogen-bond donors (Lipinski definition) is 0. The maximum Gasteiger partial charge on any atom is 0.161 e. The largest absolute Gasteiger partial charge is 0.295 e. The molecular weight excluding hydrogens is 236 g/mol. The summed E-state index contributed by atoms with van der Waals surface area (Å²) in [6.45, 7) is 13.1. The fourth-order valence-electron chi connectivity index (χ4n) is 2.34. The van der Waals surface area contributed by atoms with Gasteiger partial charge in [0.05, 0.1) is 0 Å². The van der Waals surface area contributed by atoms with Gasteiger partial charge in [-0.3, -0.25) is 9.59 Å². The Balaban J connectivity index is 4.48. The van der Waals surface area contributed by atoms with Crippen molar-refractivity contribution in [3.8, 4) is 0 Å². The van der Waals surface area contributed by atoms with Gasteiger partial charge < -0.3 is 0 Å². The Labute approximate surface area is 118 Å². The van der Waals surface area contributed by atoms with Crippen LogP contribution in [0.3, 0.4) is 0 Å². The van der Waals surface area contributed by atoms with Crippen molar-refractivity contribution in [3.05, 3.63) is 32.2 Å². The Bertz CT molecular complexity index is 317. The maximum atomic E-state index is 12.1. The van der Waals surface area contributed by atoms with Gasteiger partial charge in [0.2, 0.25) is 0 Å². The second-order valence-electron chi connectivity index (χ2n) is 5.08. The van der Waals surface area contributed by atoms with E-state index < -0.39 is 0 Å². The summed E-state index contributed by atoms with van der Waals surface area (Å²) in [5.74, 6) is 0.176. The van der Waals surface area contributed by atoms with Crippen LogP contribution in [0.5, 0.6) is 0 Å². The predicted octanol–water partition coefficient (Wildman–Crippen LogP) is 4.46. The zero-order valence-electron chi connectivity index (χ0n) is 12.2. The van der Waals surface area contributed by atoms with E-state index >= 15 is 0 Å². The second-order valence-corrected chi connectivity index (χ2v) is 5.08. The van der Waals surface area contributed by atoms with Gasteiger partial charge in [-0.2, -0.15) is 0 Å². The molecule has 107 valence electrons. The fourth-order valence-corrected chi connectivity index (χ4v) is 2.34. The number of allylic oxidation sites excluding steroid dienone is 2. The topological polar surface area (TPSA) is 34.1 Å². The Morgan fingerprint density at radius 2 is 1.68 bits per heavy atom. The van der Waals surface area contributed by atoms with Crippen LogP contribution < -0.4 is 0 Å². The van der Waals surface area contributed by atoms with Crippen LogP contribution in [0.15, 0.2) is 25.3 Å². The van der Waals surface area contributed by atoms with Crippen LogP contribution in [0, 0.1) is 12.3 Å². The molecule has 0 amide bonds. The summed E-state index contributed by atoms with van der Waals surface area (Å²) in [6.07, 6.45) is 9.36. The number of unbranched alkanes of at least 4 members (excludes halogenated alkanes) is 2. The van der Waals surface area contributed by atoms with E-state index in [0.29, 0.717) is 12.8 Å². The highest BCUT2D eigenvalue weighted by Crippen LogP contribution is 2.36. The van der Waals surface area contributed by atoms with Crippen molar-refractivity contribution in [2.75, 3.05) is 0 Å². The highest BCUT2D eigenvalue weighted by atomic mass is 16.1. The monoisotopic (exact) mass is 263 g/mol. The molecule has 1 radical (unpaired) electrons. The van der Waals surface area contributed by atoms with E-state index in [9.17, 15) is 9.59 Å². The lowest BCUT2D eigenvalue weighted by Gasteiger charge is -2.30. The van der Waals surface area contributed by atoms with Crippen molar-refractivity contribution in [1.29, 1.82) is 0 Å². The van der Waals surface area contributed by atoms with Crippen molar-refractivity contribution >= 4 is 11.6 Å². The third-order valence-electron chi connectivity index (χ3n) is 3.75. The average molecular weight is 263 g/mol. The van der Waals surface area contributed by atoms with Crippen molar-refractivity contribution in [1.82, 2.24) is 0 Å². The quantitative estimate of drug-likeness (QED) is 0.385. The highest BCUT2D eigenvalue weighted by molar-refractivity contribution is 5.94. The summed E-state index contributed by atoms with van der Waals surface area (Å²) in [6, 6.07) is 0. The standard InChI is InChI=1S/C17H27O2/c1-5-9-13-17(8-4,16(19)7-3)14-11-10-12-15(18)6-2/h6-7H,2-5,8-14H2,1H3. The minimum absolute atomic E-state index is 0.0730. The van der Waals surface area contributed by atoms with Gasteiger partial charge >= 0.3 is 0 Å². The van der Waals surface area contributed by atoms with E-state index in [0.717, 1.165) is 38.5 Å². The number of ketones is 2. The minimum Gasteiger partial charge on any atom is -0.295 e. The minimum atomic E-state index is -0.366. The van der Waals surface area contributed by atoms with Crippen LogP contribution in [0.4, 0.5) is 0 Å². The summed E-state index contributed by atoms with van der Waals surface area (Å²) < 4.78 is 0. The van der Waals surface area contributed by atoms with E-state index in [1.54, 1.807) is 0 Å². The third kappa shape index (κ3) is 6.00. The predicted molar refractivity (Wildman–Crippen MR) is 80.8 cm³/mol. The number of rotatable bonds is 12. The van der Waals surface area contributed by atoms with E-state index in [-0.39, 0.29) is 17.0 Å². The van der Waals surface area contributed by atoms with Crippen LogP contribution in [-0.4, -0.2) is 11.6 Å². The molecule has 1 atom stereocenters. The SMILES string of the molecule is [CH2]CC(CCCC)(CCCCC(=O)C=C)C(=O)C=C. The average Bonchev–Trinajstić information content (AvgIpc) is 2.45. The molecule has 0 N–H and O–H groups in total. The van der Waals surface area contributed by atoms with Gasteiger partial charge in [0, 0.05) is 11.8 Å². The van der Waals surface area contributed by atoms with Crippen LogP contribution in [0.2, 0.25) is 0 Å². The fraction of sp³-hybridized carbons (Fsp3) is 0.588. The lowest BCUT2D eigenvalue weighted by atomic mass is 9.72. The molecule has 0 aliphatic rings. The van der Waals surface area contributed by atoms with E-state index in [1.165, 1.54) is 12.2 Å². The molecule has 0 fully saturated rings. The smallest absolute Gasteiger partial charge is 0.161 e. The Hall–Kier alpha value is -1.18. The number of carbonyl (C=O) groups excluding carboxylic acids is 2. The molecule has 0 heterocycles. The molecule has 0 saturated heterocycles. The van der Waals surface area contributed by atoms with Gasteiger partial charge in [-0.1, -0.05) is 46.3 Å². The summed E-state index contributed by atoms with van der Waals surface area (Å²) >= 11 is 0. The normalized spacial score (nSPS) is 13.6. The van der Waals surface area contributed by atoms with Crippen molar-refractivity contribution in [3.63, 3.8) is 0 Å². The number of carbonyl (C=O) groups is 2. The van der Waals surface area contributed by atoms with E-state index in [1.807, 2.05) is 0 Å². The molecule has 0 aromatic rings. The molecule has 0 rings (SSSR count). The van der Waals surface area contributed by atoms with Gasteiger partial charge in [0.1, 0.15) is 0 Å². The molecule has 0 aliphatic heterocycles. The Kier molecular flexibility index (Phi) is 9.11. The molecule has 0 aromatic heterocycles. The maximum absolute atomic E-state index is 12.1. The van der Waals surface area contributed by atoms with Gasteiger partial charge in [0.25, 0.3) is 0 Å². The van der Waals surface area contributed by atoms with Gasteiger partial charge in [-0.25, -0.2) is 0 Å². The first-order valence-corrected chi connectivity index (χ1v) is 7.17. The zero-order chi connectivity index (χ0) is 14.7. The highest BCUT2D eigenvalue weighted by Gasteiger charge is 2.33. The molecule has 0 aromatic carbocycles. The van der Waals surface area contributed by atoms with Crippen molar-refractivity contribution in [2.24, 2.45) is 5.41 Å². The molecule has 0 bridgehead atoms. The summed E-state index contributed by atoms with van der Waals surface area (Å²) in [7, 11) is 0. The van der Waals surface area contributed by atoms with E-state index in [4.69, 9.17) is 0 Å². The van der Waals surface area contributed by atoms with Gasteiger partial charge in [-0.05, 0) is 37.8 Å². The summed E-state index contributed by atoms with van der Waals surface area (Å²) in [5, 5.41) is 0.